The molecule has 0 bridgehead atoms. The highest BCUT2D eigenvalue weighted by Gasteiger charge is 2.10. The summed E-state index contributed by atoms with van der Waals surface area (Å²) >= 11 is 0. The van der Waals surface area contributed by atoms with Crippen molar-refractivity contribution in [1.82, 2.24) is 0 Å². The first-order valence-electron chi connectivity index (χ1n) is 6.62. The molecule has 0 aromatic heterocycles. The van der Waals surface area contributed by atoms with Gasteiger partial charge in [-0.1, -0.05) is 20.8 Å². The van der Waals surface area contributed by atoms with Gasteiger partial charge in [-0.05, 0) is 24.0 Å². The van der Waals surface area contributed by atoms with E-state index in [0.717, 1.165) is 18.7 Å². The van der Waals surface area contributed by atoms with Gasteiger partial charge in [0.05, 0.1) is 13.7 Å². The molecule has 19 heavy (non-hydrogen) atoms. The first kappa shape index (κ1) is 15.6. The molecule has 0 saturated carbocycles. The number of ether oxygens (including phenoxy) is 2. The third kappa shape index (κ3) is 5.83. The molecule has 0 spiro atoms. The summed E-state index contributed by atoms with van der Waals surface area (Å²) in [4.78, 5) is 0. The highest BCUT2D eigenvalue weighted by Crippen LogP contribution is 2.30. The van der Waals surface area contributed by atoms with Crippen LogP contribution in [0.5, 0.6) is 11.5 Å². The number of rotatable bonds is 7. The van der Waals surface area contributed by atoms with Crippen molar-refractivity contribution in [1.29, 1.82) is 0 Å². The van der Waals surface area contributed by atoms with Crippen molar-refractivity contribution in [3.63, 3.8) is 0 Å². The lowest BCUT2D eigenvalue weighted by Gasteiger charge is -2.19. The maximum absolute atomic E-state index is 8.81. The van der Waals surface area contributed by atoms with Crippen molar-refractivity contribution in [2.75, 3.05) is 32.2 Å². The van der Waals surface area contributed by atoms with E-state index < -0.39 is 0 Å². The Labute approximate surface area is 115 Å². The third-order valence-corrected chi connectivity index (χ3v) is 2.72. The summed E-state index contributed by atoms with van der Waals surface area (Å²) < 4.78 is 10.7. The summed E-state index contributed by atoms with van der Waals surface area (Å²) in [6, 6.07) is 5.73. The maximum atomic E-state index is 8.81. The molecule has 108 valence electrons. The fourth-order valence-corrected chi connectivity index (χ4v) is 1.64. The quantitative estimate of drug-likeness (QED) is 0.797. The third-order valence-electron chi connectivity index (χ3n) is 2.72. The van der Waals surface area contributed by atoms with E-state index >= 15 is 0 Å². The summed E-state index contributed by atoms with van der Waals surface area (Å²) in [6.45, 7) is 7.83. The van der Waals surface area contributed by atoms with E-state index in [4.69, 9.17) is 14.6 Å². The van der Waals surface area contributed by atoms with Crippen LogP contribution in [0.2, 0.25) is 0 Å². The Kier molecular flexibility index (Phi) is 5.96. The average Bonchev–Trinajstić information content (AvgIpc) is 2.35. The standard InChI is InChI=1S/C15H25NO3/c1-15(2,3)7-8-16-12-5-6-13(18-4)14(11-12)19-10-9-17/h5-6,11,16-17H,7-10H2,1-4H3. The first-order chi connectivity index (χ1) is 8.96. The molecule has 0 saturated heterocycles. The molecule has 0 fully saturated rings. The van der Waals surface area contributed by atoms with Crippen molar-refractivity contribution in [3.8, 4) is 11.5 Å². The number of anilines is 1. The van der Waals surface area contributed by atoms with Gasteiger partial charge in [-0.15, -0.1) is 0 Å². The Morgan fingerprint density at radius 3 is 2.53 bits per heavy atom. The molecule has 0 heterocycles. The predicted molar refractivity (Wildman–Crippen MR) is 78.1 cm³/mol. The van der Waals surface area contributed by atoms with Crippen molar-refractivity contribution in [3.05, 3.63) is 18.2 Å². The van der Waals surface area contributed by atoms with Gasteiger partial charge >= 0.3 is 0 Å². The van der Waals surface area contributed by atoms with Crippen LogP contribution in [0.15, 0.2) is 18.2 Å². The number of hydrogen-bond donors (Lipinski definition) is 2. The average molecular weight is 267 g/mol. The lowest BCUT2D eigenvalue weighted by atomic mass is 9.92. The van der Waals surface area contributed by atoms with Crippen LogP contribution in [0.1, 0.15) is 27.2 Å². The molecule has 2 N–H and O–H groups in total. The Morgan fingerprint density at radius 1 is 1.21 bits per heavy atom. The largest absolute Gasteiger partial charge is 0.493 e. The van der Waals surface area contributed by atoms with E-state index in [1.54, 1.807) is 7.11 Å². The molecule has 0 amide bonds. The molecule has 0 unspecified atom stereocenters. The van der Waals surface area contributed by atoms with Crippen LogP contribution >= 0.6 is 0 Å². The molecule has 0 aliphatic carbocycles. The van der Waals surface area contributed by atoms with Gasteiger partial charge in [0.1, 0.15) is 6.61 Å². The van der Waals surface area contributed by atoms with Crippen LogP contribution in [0, 0.1) is 5.41 Å². The van der Waals surface area contributed by atoms with Gasteiger partial charge in [0.25, 0.3) is 0 Å². The van der Waals surface area contributed by atoms with Crippen LogP contribution in [0.3, 0.4) is 0 Å². The second-order valence-electron chi connectivity index (χ2n) is 5.68. The molecule has 0 aliphatic rings. The van der Waals surface area contributed by atoms with Crippen LogP contribution in [-0.2, 0) is 0 Å². The van der Waals surface area contributed by atoms with Crippen LogP contribution < -0.4 is 14.8 Å². The number of nitrogens with one attached hydrogen (secondary N) is 1. The molecular formula is C15H25NO3. The summed E-state index contributed by atoms with van der Waals surface area (Å²) in [5.41, 5.74) is 1.31. The van der Waals surface area contributed by atoms with Crippen molar-refractivity contribution in [2.24, 2.45) is 5.41 Å². The van der Waals surface area contributed by atoms with Crippen LogP contribution in [0.4, 0.5) is 5.69 Å². The number of hydrogen-bond acceptors (Lipinski definition) is 4. The van der Waals surface area contributed by atoms with E-state index in [2.05, 4.69) is 26.1 Å². The van der Waals surface area contributed by atoms with Crippen LogP contribution in [-0.4, -0.2) is 32.0 Å². The van der Waals surface area contributed by atoms with E-state index in [1.807, 2.05) is 18.2 Å². The molecule has 1 rings (SSSR count). The molecule has 4 nitrogen and oxygen atoms in total. The normalized spacial score (nSPS) is 11.2. The highest BCUT2D eigenvalue weighted by atomic mass is 16.5. The Bertz CT molecular complexity index is 385. The van der Waals surface area contributed by atoms with Crippen molar-refractivity contribution in [2.45, 2.75) is 27.2 Å². The molecule has 0 aliphatic heterocycles. The van der Waals surface area contributed by atoms with E-state index in [9.17, 15) is 0 Å². The summed E-state index contributed by atoms with van der Waals surface area (Å²) in [7, 11) is 1.61. The molecular weight excluding hydrogens is 242 g/mol. The number of methoxy groups -OCH3 is 1. The second kappa shape index (κ2) is 7.24. The number of benzene rings is 1. The van der Waals surface area contributed by atoms with Gasteiger partial charge in [-0.3, -0.25) is 0 Å². The van der Waals surface area contributed by atoms with Gasteiger partial charge in [0.15, 0.2) is 11.5 Å². The highest BCUT2D eigenvalue weighted by molar-refractivity contribution is 5.54. The van der Waals surface area contributed by atoms with Gasteiger partial charge < -0.3 is 19.9 Å². The van der Waals surface area contributed by atoms with Gasteiger partial charge in [0, 0.05) is 18.3 Å². The minimum absolute atomic E-state index is 0.00909. The molecule has 4 heteroatoms. The zero-order valence-electron chi connectivity index (χ0n) is 12.3. The monoisotopic (exact) mass is 267 g/mol. The molecule has 1 aromatic carbocycles. The lowest BCUT2D eigenvalue weighted by Crippen LogP contribution is -2.13. The molecule has 1 aromatic rings. The summed E-state index contributed by atoms with van der Waals surface area (Å²) in [5, 5.41) is 12.2. The number of aliphatic hydroxyl groups excluding tert-OH is 1. The maximum Gasteiger partial charge on any atom is 0.163 e. The Balaban J connectivity index is 2.64. The minimum Gasteiger partial charge on any atom is -0.493 e. The molecule has 0 atom stereocenters. The smallest absolute Gasteiger partial charge is 0.163 e. The topological polar surface area (TPSA) is 50.7 Å². The number of aliphatic hydroxyl groups is 1. The van der Waals surface area contributed by atoms with Crippen molar-refractivity contribution >= 4 is 5.69 Å². The second-order valence-corrected chi connectivity index (χ2v) is 5.68. The first-order valence-corrected chi connectivity index (χ1v) is 6.62. The zero-order chi connectivity index (χ0) is 14.3. The fraction of sp³-hybridized carbons (Fsp3) is 0.600. The Hall–Kier alpha value is -1.42. The van der Waals surface area contributed by atoms with Gasteiger partial charge in [-0.2, -0.15) is 0 Å². The van der Waals surface area contributed by atoms with E-state index in [0.29, 0.717) is 16.9 Å². The van der Waals surface area contributed by atoms with E-state index in [-0.39, 0.29) is 13.2 Å². The minimum atomic E-state index is -0.00909. The Morgan fingerprint density at radius 2 is 1.95 bits per heavy atom. The van der Waals surface area contributed by atoms with Crippen molar-refractivity contribution < 1.29 is 14.6 Å². The summed E-state index contributed by atoms with van der Waals surface area (Å²) in [6.07, 6.45) is 1.09. The zero-order valence-corrected chi connectivity index (χ0v) is 12.3. The van der Waals surface area contributed by atoms with Gasteiger partial charge in [0.2, 0.25) is 0 Å². The summed E-state index contributed by atoms with van der Waals surface area (Å²) in [5.74, 6) is 1.33. The lowest BCUT2D eigenvalue weighted by molar-refractivity contribution is 0.196. The predicted octanol–water partition coefficient (Wildman–Crippen LogP) is 2.91. The van der Waals surface area contributed by atoms with E-state index in [1.165, 1.54) is 0 Å². The van der Waals surface area contributed by atoms with Gasteiger partial charge in [-0.25, -0.2) is 0 Å². The SMILES string of the molecule is COc1ccc(NCCC(C)(C)C)cc1OCCO. The van der Waals surface area contributed by atoms with Crippen LogP contribution in [0.25, 0.3) is 0 Å². The fourth-order valence-electron chi connectivity index (χ4n) is 1.64. The molecule has 0 radical (unpaired) electrons.